The first-order chi connectivity index (χ1) is 11.4. The van der Waals surface area contributed by atoms with Gasteiger partial charge in [-0.3, -0.25) is 24.8 Å². The summed E-state index contributed by atoms with van der Waals surface area (Å²) in [5, 5.41) is 12.6. The summed E-state index contributed by atoms with van der Waals surface area (Å²) >= 11 is 5.97. The third-order valence-corrected chi connectivity index (χ3v) is 3.75. The first kappa shape index (κ1) is 15.7. The molecule has 11 heteroatoms. The van der Waals surface area contributed by atoms with Crippen LogP contribution in [0.2, 0.25) is 5.02 Å². The van der Waals surface area contributed by atoms with Crippen LogP contribution in [0, 0.1) is 6.92 Å². The molecule has 0 aromatic carbocycles. The molecule has 0 radical (unpaired) electrons. The minimum Gasteiger partial charge on any atom is -0.465 e. The van der Waals surface area contributed by atoms with Gasteiger partial charge in [0.05, 0.1) is 23.4 Å². The highest BCUT2D eigenvalue weighted by Crippen LogP contribution is 2.21. The van der Waals surface area contributed by atoms with Gasteiger partial charge in [0.2, 0.25) is 0 Å². The van der Waals surface area contributed by atoms with Crippen LogP contribution in [0.3, 0.4) is 0 Å². The molecule has 1 aromatic rings. The average molecular weight is 351 g/mol. The Morgan fingerprint density at radius 1 is 1.29 bits per heavy atom. The molecule has 0 unspecified atom stereocenters. The number of fused-ring (bicyclic) bond motifs is 1. The number of aryl methyl sites for hydroxylation is 1. The zero-order valence-corrected chi connectivity index (χ0v) is 13.3. The maximum Gasteiger partial charge on any atom is 0.341 e. The van der Waals surface area contributed by atoms with Crippen molar-refractivity contribution in [2.45, 2.75) is 6.92 Å². The van der Waals surface area contributed by atoms with E-state index < -0.39 is 17.4 Å². The molecule has 0 fully saturated rings. The molecule has 0 atom stereocenters. The van der Waals surface area contributed by atoms with Crippen LogP contribution in [0.1, 0.15) is 26.5 Å². The van der Waals surface area contributed by atoms with Crippen molar-refractivity contribution in [1.82, 2.24) is 25.1 Å². The zero-order chi connectivity index (χ0) is 17.4. The number of rotatable bonds is 3. The number of ether oxygens (including phenoxy) is 1. The van der Waals surface area contributed by atoms with Crippen molar-refractivity contribution < 1.29 is 14.3 Å². The van der Waals surface area contributed by atoms with Crippen LogP contribution in [0.4, 0.5) is 0 Å². The minimum atomic E-state index is -0.705. The molecule has 3 N–H and O–H groups in total. The normalized spacial score (nSPS) is 10.8. The van der Waals surface area contributed by atoms with Gasteiger partial charge in [-0.05, 0) is 6.92 Å². The van der Waals surface area contributed by atoms with Gasteiger partial charge in [-0.15, -0.1) is 0 Å². The summed E-state index contributed by atoms with van der Waals surface area (Å²) in [5.41, 5.74) is 2.74. The third-order valence-electron chi connectivity index (χ3n) is 3.28. The molecule has 0 aliphatic carbocycles. The molecule has 1 amide bonds. The summed E-state index contributed by atoms with van der Waals surface area (Å²) in [7, 11) is 1.20. The van der Waals surface area contributed by atoms with Crippen molar-refractivity contribution in [1.29, 1.82) is 0 Å². The Morgan fingerprint density at radius 2 is 2.04 bits per heavy atom. The van der Waals surface area contributed by atoms with Crippen molar-refractivity contribution in [3.05, 3.63) is 44.7 Å². The largest absolute Gasteiger partial charge is 0.465 e. The Morgan fingerprint density at radius 3 is 2.67 bits per heavy atom. The van der Waals surface area contributed by atoms with Crippen LogP contribution in [0.15, 0.2) is 17.2 Å². The number of nitrogens with zero attached hydrogens (tertiary/aromatic N) is 3. The van der Waals surface area contributed by atoms with Crippen LogP contribution in [0.5, 0.6) is 0 Å². The maximum atomic E-state index is 12.2. The van der Waals surface area contributed by atoms with E-state index in [1.165, 1.54) is 19.5 Å². The Labute approximate surface area is 139 Å². The van der Waals surface area contributed by atoms with Crippen LogP contribution in [-0.4, -0.2) is 44.1 Å². The van der Waals surface area contributed by atoms with Gasteiger partial charge in [0.25, 0.3) is 11.5 Å². The van der Waals surface area contributed by atoms with E-state index in [-0.39, 0.29) is 27.5 Å². The molecule has 2 aliphatic rings. The van der Waals surface area contributed by atoms with E-state index >= 15 is 0 Å². The summed E-state index contributed by atoms with van der Waals surface area (Å²) in [4.78, 5) is 35.9. The minimum absolute atomic E-state index is 0.0120. The number of carbonyl (C=O) groups excluding carboxylic acids is 2. The SMILES string of the molecule is COC(=O)c1cn(NC(=O)c2n[nH]c(C)c2Cl)cc2c(=O)[nH]nc1-2. The van der Waals surface area contributed by atoms with Gasteiger partial charge in [0.1, 0.15) is 11.3 Å². The van der Waals surface area contributed by atoms with E-state index in [9.17, 15) is 14.4 Å². The second kappa shape index (κ2) is 5.81. The highest BCUT2D eigenvalue weighted by atomic mass is 35.5. The summed E-state index contributed by atoms with van der Waals surface area (Å²) in [5.74, 6) is -1.33. The number of amides is 1. The first-order valence-electron chi connectivity index (χ1n) is 6.63. The number of halogens is 1. The zero-order valence-electron chi connectivity index (χ0n) is 12.5. The molecule has 3 rings (SSSR count). The summed E-state index contributed by atoms with van der Waals surface area (Å²) in [6.07, 6.45) is 2.60. The predicted octanol–water partition coefficient (Wildman–Crippen LogP) is 0.532. The average Bonchev–Trinajstić information content (AvgIpc) is 3.10. The second-order valence-corrected chi connectivity index (χ2v) is 5.22. The van der Waals surface area contributed by atoms with E-state index in [0.717, 1.165) is 4.68 Å². The van der Waals surface area contributed by atoms with Crippen LogP contribution < -0.4 is 11.0 Å². The van der Waals surface area contributed by atoms with E-state index in [1.807, 2.05) is 0 Å². The Balaban J connectivity index is 2.03. The number of hydrogen-bond acceptors (Lipinski definition) is 6. The van der Waals surface area contributed by atoms with E-state index in [1.54, 1.807) is 6.92 Å². The lowest BCUT2D eigenvalue weighted by Gasteiger charge is -2.12. The van der Waals surface area contributed by atoms with Crippen molar-refractivity contribution >= 4 is 23.5 Å². The second-order valence-electron chi connectivity index (χ2n) is 4.84. The topological polar surface area (TPSA) is 135 Å². The number of hydrogen-bond donors (Lipinski definition) is 3. The van der Waals surface area contributed by atoms with Gasteiger partial charge >= 0.3 is 5.97 Å². The van der Waals surface area contributed by atoms with Crippen molar-refractivity contribution in [2.75, 3.05) is 12.5 Å². The van der Waals surface area contributed by atoms with Crippen molar-refractivity contribution in [3.8, 4) is 11.3 Å². The first-order valence-corrected chi connectivity index (χ1v) is 7.00. The number of carbonyl (C=O) groups is 2. The lowest BCUT2D eigenvalue weighted by atomic mass is 10.1. The maximum absolute atomic E-state index is 12.2. The Kier molecular flexibility index (Phi) is 3.81. The molecule has 0 bridgehead atoms. The lowest BCUT2D eigenvalue weighted by molar-refractivity contribution is 0.0600. The fraction of sp³-hybridized carbons (Fsp3) is 0.154. The highest BCUT2D eigenvalue weighted by Gasteiger charge is 2.23. The summed E-state index contributed by atoms with van der Waals surface area (Å²) in [6.45, 7) is 1.66. The Hall–Kier alpha value is -3.14. The molecular formula is C13H11ClN6O4. The van der Waals surface area contributed by atoms with E-state index in [0.29, 0.717) is 5.69 Å². The number of aromatic nitrogens is 5. The number of H-pyrrole nitrogens is 2. The predicted molar refractivity (Wildman–Crippen MR) is 82.8 cm³/mol. The van der Waals surface area contributed by atoms with Gasteiger partial charge in [-0.1, -0.05) is 11.6 Å². The standard InChI is InChI=1S/C13H11ClN6O4/c1-5-8(14)10(17-15-5)12(22)19-20-3-6-9(16-18-11(6)21)7(4-20)13(23)24-2/h3-4H,1-2H3,(H,15,17)(H,18,21)(H,19,22). The van der Waals surface area contributed by atoms with Gasteiger partial charge in [0.15, 0.2) is 5.69 Å². The number of nitrogens with one attached hydrogen (secondary N) is 3. The number of aromatic amines is 2. The van der Waals surface area contributed by atoms with Crippen molar-refractivity contribution in [2.24, 2.45) is 0 Å². The van der Waals surface area contributed by atoms with Gasteiger partial charge in [-0.2, -0.15) is 10.2 Å². The van der Waals surface area contributed by atoms with Crippen LogP contribution in [-0.2, 0) is 4.74 Å². The fourth-order valence-corrected chi connectivity index (χ4v) is 2.27. The van der Waals surface area contributed by atoms with Gasteiger partial charge in [0, 0.05) is 12.4 Å². The third kappa shape index (κ3) is 2.52. The van der Waals surface area contributed by atoms with Gasteiger partial charge < -0.3 is 4.74 Å². The molecule has 124 valence electrons. The molecule has 0 saturated carbocycles. The van der Waals surface area contributed by atoms with Gasteiger partial charge in [-0.25, -0.2) is 9.89 Å². The molecule has 0 spiro atoms. The van der Waals surface area contributed by atoms with Crippen LogP contribution in [0.25, 0.3) is 11.3 Å². The molecule has 10 nitrogen and oxygen atoms in total. The molecule has 0 saturated heterocycles. The number of methoxy groups -OCH3 is 1. The van der Waals surface area contributed by atoms with Crippen molar-refractivity contribution in [3.63, 3.8) is 0 Å². The summed E-state index contributed by atoms with van der Waals surface area (Å²) < 4.78 is 5.81. The summed E-state index contributed by atoms with van der Waals surface area (Å²) in [6, 6.07) is 0. The lowest BCUT2D eigenvalue weighted by Crippen LogP contribution is -2.25. The highest BCUT2D eigenvalue weighted by molar-refractivity contribution is 6.34. The molecule has 24 heavy (non-hydrogen) atoms. The fourth-order valence-electron chi connectivity index (χ4n) is 2.10. The number of esters is 1. The molecule has 2 aliphatic heterocycles. The van der Waals surface area contributed by atoms with Crippen LogP contribution >= 0.6 is 11.6 Å². The quantitative estimate of drug-likeness (QED) is 0.590. The molecular weight excluding hydrogens is 340 g/mol. The molecule has 1 aromatic heterocycles. The van der Waals surface area contributed by atoms with E-state index in [2.05, 4.69) is 30.6 Å². The van der Waals surface area contributed by atoms with E-state index in [4.69, 9.17) is 11.6 Å². The Bertz CT molecular complexity index is 971. The molecule has 3 heterocycles. The monoisotopic (exact) mass is 350 g/mol. The smallest absolute Gasteiger partial charge is 0.341 e. The number of pyridine rings is 1.